The number of hydrogen-bond donors (Lipinski definition) is 2. The van der Waals surface area contributed by atoms with Gasteiger partial charge in [0.25, 0.3) is 0 Å². The zero-order valence-corrected chi connectivity index (χ0v) is 9.34. The third-order valence-corrected chi connectivity index (χ3v) is 2.75. The Morgan fingerprint density at radius 2 is 1.71 bits per heavy atom. The standard InChI is InChI=1S/C14H12O3/c1-9-11(10-5-3-2-4-6-10)7-8-12(13(9)15)14(16)17/h2-8,15H,1H3,(H,16,17). The Morgan fingerprint density at radius 1 is 1.06 bits per heavy atom. The highest BCUT2D eigenvalue weighted by atomic mass is 16.4. The Morgan fingerprint density at radius 3 is 2.29 bits per heavy atom. The lowest BCUT2D eigenvalue weighted by molar-refractivity contribution is 0.0693. The van der Waals surface area contributed by atoms with E-state index < -0.39 is 5.97 Å². The van der Waals surface area contributed by atoms with Gasteiger partial charge in [0.2, 0.25) is 0 Å². The fourth-order valence-corrected chi connectivity index (χ4v) is 1.80. The van der Waals surface area contributed by atoms with Gasteiger partial charge in [-0.2, -0.15) is 0 Å². The van der Waals surface area contributed by atoms with Crippen molar-refractivity contribution in [2.45, 2.75) is 6.92 Å². The lowest BCUT2D eigenvalue weighted by Crippen LogP contribution is -1.98. The molecule has 0 saturated carbocycles. The van der Waals surface area contributed by atoms with Crippen molar-refractivity contribution in [2.24, 2.45) is 0 Å². The van der Waals surface area contributed by atoms with Crippen molar-refractivity contribution >= 4 is 5.97 Å². The van der Waals surface area contributed by atoms with Crippen LogP contribution < -0.4 is 0 Å². The minimum atomic E-state index is -1.12. The Kier molecular flexibility index (Phi) is 2.83. The molecule has 3 nitrogen and oxygen atoms in total. The molecular formula is C14H12O3. The minimum Gasteiger partial charge on any atom is -0.507 e. The van der Waals surface area contributed by atoms with Crippen LogP contribution in [0.4, 0.5) is 0 Å². The highest BCUT2D eigenvalue weighted by molar-refractivity contribution is 5.92. The number of phenols is 1. The summed E-state index contributed by atoms with van der Waals surface area (Å²) in [5, 5.41) is 18.7. The molecule has 0 radical (unpaired) electrons. The summed E-state index contributed by atoms with van der Waals surface area (Å²) in [7, 11) is 0. The van der Waals surface area contributed by atoms with Crippen LogP contribution in [0.3, 0.4) is 0 Å². The average molecular weight is 228 g/mol. The minimum absolute atomic E-state index is 0.0674. The smallest absolute Gasteiger partial charge is 0.339 e. The van der Waals surface area contributed by atoms with Crippen LogP contribution in [0.25, 0.3) is 11.1 Å². The fraction of sp³-hybridized carbons (Fsp3) is 0.0714. The van der Waals surface area contributed by atoms with Gasteiger partial charge in [-0.15, -0.1) is 0 Å². The maximum Gasteiger partial charge on any atom is 0.339 e. The number of carboxylic acids is 1. The van der Waals surface area contributed by atoms with Gasteiger partial charge in [-0.1, -0.05) is 36.4 Å². The maximum atomic E-state index is 10.9. The van der Waals surface area contributed by atoms with Gasteiger partial charge in [-0.05, 0) is 29.7 Å². The molecule has 0 heterocycles. The van der Waals surface area contributed by atoms with Gasteiger partial charge in [0.15, 0.2) is 0 Å². The van der Waals surface area contributed by atoms with Crippen molar-refractivity contribution in [1.29, 1.82) is 0 Å². The van der Waals surface area contributed by atoms with Gasteiger partial charge < -0.3 is 10.2 Å². The van der Waals surface area contributed by atoms with Gasteiger partial charge in [0.05, 0.1) is 0 Å². The molecule has 2 N–H and O–H groups in total. The Bertz CT molecular complexity index is 559. The molecule has 0 spiro atoms. The van der Waals surface area contributed by atoms with Crippen molar-refractivity contribution < 1.29 is 15.0 Å². The lowest BCUT2D eigenvalue weighted by atomic mass is 9.97. The number of aromatic carboxylic acids is 1. The van der Waals surface area contributed by atoms with Crippen LogP contribution in [0.15, 0.2) is 42.5 Å². The quantitative estimate of drug-likeness (QED) is 0.830. The van der Waals surface area contributed by atoms with E-state index >= 15 is 0 Å². The van der Waals surface area contributed by atoms with E-state index in [0.717, 1.165) is 11.1 Å². The van der Waals surface area contributed by atoms with Gasteiger partial charge in [-0.25, -0.2) is 4.79 Å². The first kappa shape index (κ1) is 11.2. The van der Waals surface area contributed by atoms with E-state index in [-0.39, 0.29) is 11.3 Å². The number of benzene rings is 2. The summed E-state index contributed by atoms with van der Waals surface area (Å²) in [6.45, 7) is 1.71. The maximum absolute atomic E-state index is 10.9. The first-order chi connectivity index (χ1) is 8.11. The van der Waals surface area contributed by atoms with E-state index in [2.05, 4.69) is 0 Å². The van der Waals surface area contributed by atoms with E-state index in [9.17, 15) is 9.90 Å². The second kappa shape index (κ2) is 4.29. The van der Waals surface area contributed by atoms with E-state index in [1.54, 1.807) is 13.0 Å². The molecule has 0 aliphatic heterocycles. The fourth-order valence-electron chi connectivity index (χ4n) is 1.80. The highest BCUT2D eigenvalue weighted by Gasteiger charge is 2.14. The summed E-state index contributed by atoms with van der Waals surface area (Å²) in [5.74, 6) is -1.29. The van der Waals surface area contributed by atoms with Crippen molar-refractivity contribution in [3.8, 4) is 16.9 Å². The number of hydrogen-bond acceptors (Lipinski definition) is 2. The Labute approximate surface area is 99.0 Å². The predicted molar refractivity (Wildman–Crippen MR) is 65.2 cm³/mol. The zero-order chi connectivity index (χ0) is 12.4. The molecule has 0 amide bonds. The first-order valence-electron chi connectivity index (χ1n) is 5.22. The van der Waals surface area contributed by atoms with Crippen molar-refractivity contribution in [3.05, 3.63) is 53.6 Å². The average Bonchev–Trinajstić information content (AvgIpc) is 2.33. The molecule has 0 atom stereocenters. The molecule has 2 aromatic rings. The van der Waals surface area contributed by atoms with E-state index in [1.807, 2.05) is 30.3 Å². The molecule has 0 unspecified atom stereocenters. The molecule has 2 aromatic carbocycles. The van der Waals surface area contributed by atoms with E-state index in [0.29, 0.717) is 5.56 Å². The number of carboxylic acid groups (broad SMARTS) is 1. The summed E-state index contributed by atoms with van der Waals surface area (Å²) in [6.07, 6.45) is 0. The van der Waals surface area contributed by atoms with Gasteiger partial charge in [0, 0.05) is 0 Å². The Balaban J connectivity index is 2.60. The van der Waals surface area contributed by atoms with Crippen molar-refractivity contribution in [2.75, 3.05) is 0 Å². The van der Waals surface area contributed by atoms with Crippen molar-refractivity contribution in [1.82, 2.24) is 0 Å². The van der Waals surface area contributed by atoms with Crippen LogP contribution in [0, 0.1) is 6.92 Å². The topological polar surface area (TPSA) is 57.5 Å². The first-order valence-corrected chi connectivity index (χ1v) is 5.22. The molecule has 0 aromatic heterocycles. The van der Waals surface area contributed by atoms with Crippen LogP contribution >= 0.6 is 0 Å². The second-order valence-corrected chi connectivity index (χ2v) is 3.81. The molecule has 0 bridgehead atoms. The molecule has 2 rings (SSSR count). The molecule has 86 valence electrons. The van der Waals surface area contributed by atoms with Gasteiger partial charge in [-0.3, -0.25) is 0 Å². The van der Waals surface area contributed by atoms with Crippen LogP contribution in [0.1, 0.15) is 15.9 Å². The van der Waals surface area contributed by atoms with Crippen LogP contribution in [-0.2, 0) is 0 Å². The van der Waals surface area contributed by atoms with Crippen molar-refractivity contribution in [3.63, 3.8) is 0 Å². The Hall–Kier alpha value is -2.29. The van der Waals surface area contributed by atoms with Crippen LogP contribution in [0.2, 0.25) is 0 Å². The molecule has 0 aliphatic rings. The lowest BCUT2D eigenvalue weighted by Gasteiger charge is -2.09. The highest BCUT2D eigenvalue weighted by Crippen LogP contribution is 2.31. The third kappa shape index (κ3) is 1.99. The van der Waals surface area contributed by atoms with Gasteiger partial charge in [0.1, 0.15) is 11.3 Å². The number of carbonyl (C=O) groups is 1. The molecule has 0 aliphatic carbocycles. The summed E-state index contributed by atoms with van der Waals surface area (Å²) >= 11 is 0. The number of rotatable bonds is 2. The van der Waals surface area contributed by atoms with E-state index in [1.165, 1.54) is 6.07 Å². The molecular weight excluding hydrogens is 216 g/mol. The summed E-state index contributed by atoms with van der Waals surface area (Å²) < 4.78 is 0. The third-order valence-electron chi connectivity index (χ3n) is 2.75. The number of aromatic hydroxyl groups is 1. The second-order valence-electron chi connectivity index (χ2n) is 3.81. The molecule has 0 fully saturated rings. The van der Waals surface area contributed by atoms with E-state index in [4.69, 9.17) is 5.11 Å². The van der Waals surface area contributed by atoms with Crippen LogP contribution in [-0.4, -0.2) is 16.2 Å². The van der Waals surface area contributed by atoms with Gasteiger partial charge >= 0.3 is 5.97 Å². The largest absolute Gasteiger partial charge is 0.507 e. The molecule has 17 heavy (non-hydrogen) atoms. The molecule has 3 heteroatoms. The normalized spacial score (nSPS) is 10.2. The molecule has 0 saturated heterocycles. The predicted octanol–water partition coefficient (Wildman–Crippen LogP) is 3.07. The van der Waals surface area contributed by atoms with Crippen LogP contribution in [0.5, 0.6) is 5.75 Å². The summed E-state index contributed by atoms with van der Waals surface area (Å²) in [6, 6.07) is 12.7. The summed E-state index contributed by atoms with van der Waals surface area (Å²) in [5.41, 5.74) is 2.31. The zero-order valence-electron chi connectivity index (χ0n) is 9.34. The SMILES string of the molecule is Cc1c(-c2ccccc2)ccc(C(=O)O)c1O. The summed E-state index contributed by atoms with van der Waals surface area (Å²) in [4.78, 5) is 10.9. The monoisotopic (exact) mass is 228 g/mol.